The van der Waals surface area contributed by atoms with Gasteiger partial charge in [0.2, 0.25) is 11.8 Å². The Labute approximate surface area is 213 Å². The van der Waals surface area contributed by atoms with Gasteiger partial charge in [-0.15, -0.1) is 0 Å². The predicted molar refractivity (Wildman–Crippen MR) is 144 cm³/mol. The molecular formula is C32H32N2O2. The first-order chi connectivity index (χ1) is 17.7. The second kappa shape index (κ2) is 13.1. The molecule has 0 aromatic heterocycles. The molecule has 0 saturated heterocycles. The minimum Gasteiger partial charge on any atom is -0.336 e. The molecule has 4 aromatic carbocycles. The molecule has 0 aliphatic carbocycles. The van der Waals surface area contributed by atoms with Crippen molar-refractivity contribution in [1.82, 2.24) is 9.80 Å². The SMILES string of the molecule is O=C(Cc1ccccc1)N(CCN(Cc1ccccc1)C(=O)Cc1ccccc1)Cc1ccccc1. The summed E-state index contributed by atoms with van der Waals surface area (Å²) in [5, 5.41) is 0. The van der Waals surface area contributed by atoms with Crippen LogP contribution in [-0.4, -0.2) is 34.7 Å². The molecule has 0 saturated carbocycles. The Morgan fingerprint density at radius 3 is 1.00 bits per heavy atom. The number of carbonyl (C=O) groups excluding carboxylic acids is 2. The van der Waals surface area contributed by atoms with Crippen LogP contribution >= 0.6 is 0 Å². The fourth-order valence-electron chi connectivity index (χ4n) is 4.20. The summed E-state index contributed by atoms with van der Waals surface area (Å²) in [6, 6.07) is 39.6. The number of amides is 2. The molecule has 2 amide bonds. The number of hydrogen-bond acceptors (Lipinski definition) is 2. The van der Waals surface area contributed by atoms with Crippen LogP contribution in [0.3, 0.4) is 0 Å². The summed E-state index contributed by atoms with van der Waals surface area (Å²) in [6.07, 6.45) is 0.675. The summed E-state index contributed by atoms with van der Waals surface area (Å²) < 4.78 is 0. The molecule has 0 N–H and O–H groups in total. The van der Waals surface area contributed by atoms with Gasteiger partial charge in [-0.1, -0.05) is 121 Å². The Morgan fingerprint density at radius 1 is 0.417 bits per heavy atom. The van der Waals surface area contributed by atoms with Crippen LogP contribution in [0.4, 0.5) is 0 Å². The summed E-state index contributed by atoms with van der Waals surface area (Å²) in [5.74, 6) is 0.112. The van der Waals surface area contributed by atoms with Crippen molar-refractivity contribution in [2.75, 3.05) is 13.1 Å². The summed E-state index contributed by atoms with van der Waals surface area (Å²) in [6.45, 7) is 1.96. The maximum atomic E-state index is 13.4. The topological polar surface area (TPSA) is 40.6 Å². The molecular weight excluding hydrogens is 444 g/mol. The molecule has 4 rings (SSSR count). The van der Waals surface area contributed by atoms with Crippen molar-refractivity contribution in [2.24, 2.45) is 0 Å². The van der Waals surface area contributed by atoms with Crippen LogP contribution in [0.5, 0.6) is 0 Å². The Morgan fingerprint density at radius 2 is 0.694 bits per heavy atom. The minimum atomic E-state index is 0.0558. The Hall–Kier alpha value is -4.18. The van der Waals surface area contributed by atoms with E-state index in [1.807, 2.05) is 131 Å². The van der Waals surface area contributed by atoms with Gasteiger partial charge in [0.25, 0.3) is 0 Å². The number of benzene rings is 4. The average molecular weight is 477 g/mol. The number of rotatable bonds is 11. The van der Waals surface area contributed by atoms with Crippen molar-refractivity contribution < 1.29 is 9.59 Å². The molecule has 4 nitrogen and oxygen atoms in total. The standard InChI is InChI=1S/C32H32N2O2/c35-31(23-27-13-5-1-6-14-27)33(25-29-17-9-3-10-18-29)21-22-34(26-30-19-11-4-12-20-30)32(36)24-28-15-7-2-8-16-28/h1-20H,21-26H2. The van der Waals surface area contributed by atoms with E-state index < -0.39 is 0 Å². The highest BCUT2D eigenvalue weighted by molar-refractivity contribution is 5.80. The van der Waals surface area contributed by atoms with Crippen LogP contribution in [0.2, 0.25) is 0 Å². The monoisotopic (exact) mass is 476 g/mol. The van der Waals surface area contributed by atoms with Crippen LogP contribution in [0.25, 0.3) is 0 Å². The molecule has 0 fully saturated rings. The highest BCUT2D eigenvalue weighted by Gasteiger charge is 2.19. The van der Waals surface area contributed by atoms with Gasteiger partial charge >= 0.3 is 0 Å². The second-order valence-corrected chi connectivity index (χ2v) is 8.93. The van der Waals surface area contributed by atoms with Gasteiger partial charge in [-0.05, 0) is 22.3 Å². The van der Waals surface area contributed by atoms with E-state index in [-0.39, 0.29) is 11.8 Å². The van der Waals surface area contributed by atoms with E-state index in [2.05, 4.69) is 0 Å². The predicted octanol–water partition coefficient (Wildman–Crippen LogP) is 5.53. The maximum absolute atomic E-state index is 13.4. The van der Waals surface area contributed by atoms with E-state index in [0.29, 0.717) is 39.0 Å². The molecule has 36 heavy (non-hydrogen) atoms. The molecule has 4 heteroatoms. The molecule has 0 spiro atoms. The zero-order valence-corrected chi connectivity index (χ0v) is 20.5. The average Bonchev–Trinajstić information content (AvgIpc) is 2.92. The minimum absolute atomic E-state index is 0.0558. The maximum Gasteiger partial charge on any atom is 0.227 e. The van der Waals surface area contributed by atoms with Gasteiger partial charge in [0, 0.05) is 26.2 Å². The second-order valence-electron chi connectivity index (χ2n) is 8.93. The lowest BCUT2D eigenvalue weighted by atomic mass is 10.1. The van der Waals surface area contributed by atoms with Crippen LogP contribution in [0, 0.1) is 0 Å². The van der Waals surface area contributed by atoms with Gasteiger partial charge in [-0.25, -0.2) is 0 Å². The van der Waals surface area contributed by atoms with E-state index in [0.717, 1.165) is 22.3 Å². The van der Waals surface area contributed by atoms with Crippen molar-refractivity contribution >= 4 is 11.8 Å². The summed E-state index contributed by atoms with van der Waals surface area (Å²) >= 11 is 0. The largest absolute Gasteiger partial charge is 0.336 e. The molecule has 0 unspecified atom stereocenters. The van der Waals surface area contributed by atoms with Gasteiger partial charge < -0.3 is 9.80 Å². The number of hydrogen-bond donors (Lipinski definition) is 0. The van der Waals surface area contributed by atoms with Crippen LogP contribution in [0.15, 0.2) is 121 Å². The first kappa shape index (κ1) is 24.9. The third-order valence-electron chi connectivity index (χ3n) is 6.17. The molecule has 0 aliphatic heterocycles. The Kier molecular flexibility index (Phi) is 9.04. The van der Waals surface area contributed by atoms with Crippen LogP contribution in [0.1, 0.15) is 22.3 Å². The van der Waals surface area contributed by atoms with E-state index >= 15 is 0 Å². The highest BCUT2D eigenvalue weighted by Crippen LogP contribution is 2.12. The molecule has 0 heterocycles. The van der Waals surface area contributed by atoms with Crippen LogP contribution < -0.4 is 0 Å². The van der Waals surface area contributed by atoms with Gasteiger partial charge in [-0.3, -0.25) is 9.59 Å². The molecule has 0 bridgehead atoms. The lowest BCUT2D eigenvalue weighted by molar-refractivity contribution is -0.135. The number of nitrogens with zero attached hydrogens (tertiary/aromatic N) is 2. The summed E-state index contributed by atoms with van der Waals surface area (Å²) in [5.41, 5.74) is 4.12. The van der Waals surface area contributed by atoms with Gasteiger partial charge in [0.15, 0.2) is 0 Å². The molecule has 0 radical (unpaired) electrons. The lowest BCUT2D eigenvalue weighted by Crippen LogP contribution is -2.41. The molecule has 4 aromatic rings. The van der Waals surface area contributed by atoms with E-state index in [1.54, 1.807) is 0 Å². The third-order valence-corrected chi connectivity index (χ3v) is 6.17. The summed E-state index contributed by atoms with van der Waals surface area (Å²) in [4.78, 5) is 30.5. The molecule has 0 aliphatic rings. The molecule has 182 valence electrons. The quantitative estimate of drug-likeness (QED) is 0.286. The van der Waals surface area contributed by atoms with Crippen molar-refractivity contribution in [1.29, 1.82) is 0 Å². The lowest BCUT2D eigenvalue weighted by Gasteiger charge is -2.29. The smallest absolute Gasteiger partial charge is 0.227 e. The van der Waals surface area contributed by atoms with Crippen molar-refractivity contribution in [3.05, 3.63) is 144 Å². The third kappa shape index (κ3) is 7.67. The van der Waals surface area contributed by atoms with Crippen molar-refractivity contribution in [3.63, 3.8) is 0 Å². The highest BCUT2D eigenvalue weighted by atomic mass is 16.2. The molecule has 0 atom stereocenters. The first-order valence-corrected chi connectivity index (χ1v) is 12.4. The van der Waals surface area contributed by atoms with Crippen LogP contribution in [-0.2, 0) is 35.5 Å². The Bertz CT molecular complexity index is 1110. The summed E-state index contributed by atoms with van der Waals surface area (Å²) in [7, 11) is 0. The number of carbonyl (C=O) groups is 2. The van der Waals surface area contributed by atoms with Crippen molar-refractivity contribution in [2.45, 2.75) is 25.9 Å². The van der Waals surface area contributed by atoms with E-state index in [9.17, 15) is 9.59 Å². The van der Waals surface area contributed by atoms with Gasteiger partial charge in [-0.2, -0.15) is 0 Å². The van der Waals surface area contributed by atoms with E-state index in [4.69, 9.17) is 0 Å². The normalized spacial score (nSPS) is 10.6. The zero-order chi connectivity index (χ0) is 25.0. The Balaban J connectivity index is 1.50. The van der Waals surface area contributed by atoms with Crippen molar-refractivity contribution in [3.8, 4) is 0 Å². The fraction of sp³-hybridized carbons (Fsp3) is 0.188. The zero-order valence-electron chi connectivity index (χ0n) is 20.5. The fourth-order valence-corrected chi connectivity index (χ4v) is 4.20. The first-order valence-electron chi connectivity index (χ1n) is 12.4. The van der Waals surface area contributed by atoms with Gasteiger partial charge in [0.05, 0.1) is 12.8 Å². The van der Waals surface area contributed by atoms with E-state index in [1.165, 1.54) is 0 Å². The van der Waals surface area contributed by atoms with Gasteiger partial charge in [0.1, 0.15) is 0 Å².